The topological polar surface area (TPSA) is 79.9 Å². The van der Waals surface area contributed by atoms with Crippen LogP contribution in [-0.4, -0.2) is 24.4 Å². The highest BCUT2D eigenvalue weighted by atomic mass is 16.2. The molecule has 0 aromatic heterocycles. The number of hydrogen-bond donors (Lipinski definition) is 1. The summed E-state index contributed by atoms with van der Waals surface area (Å²) in [5.74, 6) is -0.276. The molecule has 5 heteroatoms. The number of benzene rings is 2. The summed E-state index contributed by atoms with van der Waals surface area (Å²) in [6.45, 7) is 0.316. The number of rotatable bonds is 1. The minimum Gasteiger partial charge on any atom is -0.325 e. The molecule has 0 radical (unpaired) electrons. The van der Waals surface area contributed by atoms with Gasteiger partial charge in [-0.2, -0.15) is 10.5 Å². The number of likely N-dealkylation sites (N-methyl/N-ethyl adjacent to an activating group) is 1. The first kappa shape index (κ1) is 15.4. The summed E-state index contributed by atoms with van der Waals surface area (Å²) in [6.07, 6.45) is 0. The highest BCUT2D eigenvalue weighted by Gasteiger charge is 2.71. The van der Waals surface area contributed by atoms with Gasteiger partial charge in [-0.15, -0.1) is 0 Å². The number of fused-ring (bicyclic) bond motifs is 2. The first-order valence-corrected chi connectivity index (χ1v) is 8.09. The molecule has 0 aliphatic carbocycles. The average molecular weight is 328 g/mol. The third kappa shape index (κ3) is 1.71. The molecule has 0 bridgehead atoms. The molecule has 1 amide bonds. The highest BCUT2D eigenvalue weighted by Crippen LogP contribution is 2.60. The summed E-state index contributed by atoms with van der Waals surface area (Å²) < 4.78 is 0. The second-order valence-corrected chi connectivity index (χ2v) is 6.66. The molecule has 2 atom stereocenters. The number of hydrogen-bond acceptors (Lipinski definition) is 4. The largest absolute Gasteiger partial charge is 0.325 e. The number of likely N-dealkylation sites (tertiary alicyclic amines) is 1. The summed E-state index contributed by atoms with van der Waals surface area (Å²) >= 11 is 0. The van der Waals surface area contributed by atoms with Crippen LogP contribution in [0.25, 0.3) is 0 Å². The molecule has 2 aliphatic rings. The van der Waals surface area contributed by atoms with E-state index in [0.717, 1.165) is 11.1 Å². The van der Waals surface area contributed by atoms with Gasteiger partial charge in [0.05, 0.1) is 18.2 Å². The fourth-order valence-corrected chi connectivity index (χ4v) is 4.50. The quantitative estimate of drug-likeness (QED) is 0.872. The fraction of sp³-hybridized carbons (Fsp3) is 0.250. The lowest BCUT2D eigenvalue weighted by atomic mass is 9.60. The minimum absolute atomic E-state index is 0.276. The van der Waals surface area contributed by atoms with Gasteiger partial charge in [0.1, 0.15) is 5.41 Å². The van der Waals surface area contributed by atoms with Crippen LogP contribution in [0.15, 0.2) is 54.6 Å². The number of carbonyl (C=O) groups excluding carboxylic acids is 1. The average Bonchev–Trinajstić information content (AvgIpc) is 3.08. The van der Waals surface area contributed by atoms with Crippen LogP contribution in [-0.2, 0) is 10.2 Å². The van der Waals surface area contributed by atoms with Crippen LogP contribution in [0.1, 0.15) is 17.2 Å². The van der Waals surface area contributed by atoms with E-state index < -0.39 is 16.9 Å². The van der Waals surface area contributed by atoms with Gasteiger partial charge in [0.15, 0.2) is 5.41 Å². The van der Waals surface area contributed by atoms with Gasteiger partial charge < -0.3 is 5.32 Å². The molecule has 5 nitrogen and oxygen atoms in total. The van der Waals surface area contributed by atoms with Crippen LogP contribution in [0.4, 0.5) is 5.69 Å². The van der Waals surface area contributed by atoms with E-state index in [1.165, 1.54) is 0 Å². The summed E-state index contributed by atoms with van der Waals surface area (Å²) in [6, 6.07) is 20.8. The normalized spacial score (nSPS) is 26.7. The maximum Gasteiger partial charge on any atom is 0.239 e. The number of anilines is 1. The number of carbonyl (C=O) groups is 1. The van der Waals surface area contributed by atoms with Crippen molar-refractivity contribution < 1.29 is 4.79 Å². The van der Waals surface area contributed by atoms with Crippen molar-refractivity contribution in [2.45, 2.75) is 11.5 Å². The Bertz CT molecular complexity index is 926. The molecule has 1 saturated heterocycles. The fourth-order valence-electron chi connectivity index (χ4n) is 4.50. The van der Waals surface area contributed by atoms with Crippen LogP contribution < -0.4 is 5.32 Å². The molecule has 2 aromatic carbocycles. The molecule has 1 fully saturated rings. The second kappa shape index (κ2) is 5.17. The monoisotopic (exact) mass is 328 g/mol. The van der Waals surface area contributed by atoms with E-state index in [1.807, 2.05) is 66.5 Å². The Morgan fingerprint density at radius 2 is 1.72 bits per heavy atom. The summed E-state index contributed by atoms with van der Waals surface area (Å²) in [5.41, 5.74) is -0.442. The summed E-state index contributed by atoms with van der Waals surface area (Å²) in [4.78, 5) is 15.0. The van der Waals surface area contributed by atoms with Crippen molar-refractivity contribution in [3.05, 3.63) is 65.7 Å². The first-order valence-electron chi connectivity index (χ1n) is 8.09. The van der Waals surface area contributed by atoms with Crippen LogP contribution in [0.2, 0.25) is 0 Å². The van der Waals surface area contributed by atoms with E-state index in [-0.39, 0.29) is 5.91 Å². The van der Waals surface area contributed by atoms with Crippen molar-refractivity contribution in [1.82, 2.24) is 4.90 Å². The Kier molecular flexibility index (Phi) is 3.18. The Morgan fingerprint density at radius 1 is 1.08 bits per heavy atom. The molecule has 2 aromatic rings. The number of nitrogens with zero attached hydrogens (tertiary/aromatic N) is 3. The number of nitriles is 2. The van der Waals surface area contributed by atoms with Crippen molar-refractivity contribution in [2.24, 2.45) is 5.41 Å². The smallest absolute Gasteiger partial charge is 0.239 e. The van der Waals surface area contributed by atoms with Crippen LogP contribution >= 0.6 is 0 Å². The van der Waals surface area contributed by atoms with E-state index >= 15 is 0 Å². The summed E-state index contributed by atoms with van der Waals surface area (Å²) in [7, 11) is 1.87. The maximum absolute atomic E-state index is 13.1. The predicted octanol–water partition coefficient (Wildman–Crippen LogP) is 2.60. The van der Waals surface area contributed by atoms with E-state index in [1.54, 1.807) is 0 Å². The van der Waals surface area contributed by atoms with Gasteiger partial charge in [-0.1, -0.05) is 48.5 Å². The van der Waals surface area contributed by atoms with Gasteiger partial charge in [0, 0.05) is 12.2 Å². The molecule has 25 heavy (non-hydrogen) atoms. The summed E-state index contributed by atoms with van der Waals surface area (Å²) in [5, 5.41) is 23.2. The Hall–Kier alpha value is -3.15. The zero-order chi connectivity index (χ0) is 17.7. The van der Waals surface area contributed by atoms with Gasteiger partial charge in [-0.05, 0) is 24.2 Å². The minimum atomic E-state index is -1.51. The molecule has 1 N–H and O–H groups in total. The van der Waals surface area contributed by atoms with Gasteiger partial charge >= 0.3 is 0 Å². The van der Waals surface area contributed by atoms with Crippen LogP contribution in [0.5, 0.6) is 0 Å². The Morgan fingerprint density at radius 3 is 2.40 bits per heavy atom. The molecule has 2 heterocycles. The second-order valence-electron chi connectivity index (χ2n) is 6.66. The predicted molar refractivity (Wildman–Crippen MR) is 92.2 cm³/mol. The lowest BCUT2D eigenvalue weighted by Crippen LogP contribution is -2.49. The van der Waals surface area contributed by atoms with Crippen molar-refractivity contribution >= 4 is 11.6 Å². The van der Waals surface area contributed by atoms with Crippen LogP contribution in [0, 0.1) is 28.1 Å². The van der Waals surface area contributed by atoms with E-state index in [4.69, 9.17) is 0 Å². The molecule has 2 aliphatic heterocycles. The van der Waals surface area contributed by atoms with Crippen molar-refractivity contribution in [3.63, 3.8) is 0 Å². The molecule has 122 valence electrons. The number of nitrogens with one attached hydrogen (secondary N) is 1. The Balaban J connectivity index is 2.02. The third-order valence-corrected chi connectivity index (χ3v) is 5.50. The van der Waals surface area contributed by atoms with Gasteiger partial charge in [0.25, 0.3) is 0 Å². The maximum atomic E-state index is 13.1. The van der Waals surface area contributed by atoms with Crippen LogP contribution in [0.3, 0.4) is 0 Å². The van der Waals surface area contributed by atoms with Gasteiger partial charge in [-0.25, -0.2) is 0 Å². The molecule has 0 saturated carbocycles. The number of amides is 1. The van der Waals surface area contributed by atoms with Gasteiger partial charge in [-0.3, -0.25) is 9.69 Å². The molecule has 1 spiro atoms. The first-order chi connectivity index (χ1) is 12.1. The Labute approximate surface area is 146 Å². The number of para-hydroxylation sites is 1. The van der Waals surface area contributed by atoms with Crippen molar-refractivity contribution in [2.75, 3.05) is 18.9 Å². The zero-order valence-corrected chi connectivity index (χ0v) is 13.7. The van der Waals surface area contributed by atoms with E-state index in [0.29, 0.717) is 12.2 Å². The standard InChI is InChI=1S/C20H16N4O/c1-24-13-20(15-9-5-6-10-16(15)23-18(20)25)19(11-21,12-22)17(24)14-7-3-2-4-8-14/h2-10,17H,13H2,1H3,(H,23,25). The van der Waals surface area contributed by atoms with E-state index in [2.05, 4.69) is 17.5 Å². The lowest BCUT2D eigenvalue weighted by Gasteiger charge is -2.33. The zero-order valence-electron chi connectivity index (χ0n) is 13.7. The molecular formula is C20H16N4O. The SMILES string of the molecule is CN1CC2(C(=O)Nc3ccccc32)C(C#N)(C#N)C1c1ccccc1. The van der Waals surface area contributed by atoms with E-state index in [9.17, 15) is 15.3 Å². The van der Waals surface area contributed by atoms with Crippen molar-refractivity contribution in [3.8, 4) is 12.1 Å². The highest BCUT2D eigenvalue weighted by molar-refractivity contribution is 6.08. The third-order valence-electron chi connectivity index (χ3n) is 5.50. The van der Waals surface area contributed by atoms with Crippen molar-refractivity contribution in [1.29, 1.82) is 10.5 Å². The van der Waals surface area contributed by atoms with Gasteiger partial charge in [0.2, 0.25) is 5.91 Å². The molecule has 4 rings (SSSR count). The lowest BCUT2D eigenvalue weighted by molar-refractivity contribution is -0.122. The molecular weight excluding hydrogens is 312 g/mol. The molecule has 2 unspecified atom stereocenters.